The molecule has 0 aromatic carbocycles. The van der Waals surface area contributed by atoms with Crippen molar-refractivity contribution in [1.82, 2.24) is 15.5 Å². The lowest BCUT2D eigenvalue weighted by molar-refractivity contribution is 0.339. The highest BCUT2D eigenvalue weighted by atomic mass is 16.5. The average Bonchev–Trinajstić information content (AvgIpc) is 2.86. The molecule has 1 fully saturated rings. The standard InChI is InChI=1S/C10H17N3O/c1-3-7(2)9-12-10(14-13-9)8-5-4-6-11-8/h7-8,11H,3-6H2,1-2H3/t7?,8-/m1/s1. The molecule has 4 nitrogen and oxygen atoms in total. The second-order valence-electron chi connectivity index (χ2n) is 3.95. The summed E-state index contributed by atoms with van der Waals surface area (Å²) in [7, 11) is 0. The van der Waals surface area contributed by atoms with Gasteiger partial charge >= 0.3 is 0 Å². The average molecular weight is 195 g/mol. The zero-order chi connectivity index (χ0) is 9.97. The van der Waals surface area contributed by atoms with Crippen molar-refractivity contribution in [2.45, 2.75) is 45.1 Å². The van der Waals surface area contributed by atoms with Gasteiger partial charge in [0.1, 0.15) is 0 Å². The molecule has 2 heterocycles. The van der Waals surface area contributed by atoms with Crippen molar-refractivity contribution in [1.29, 1.82) is 0 Å². The maximum absolute atomic E-state index is 5.25. The molecule has 1 unspecified atom stereocenters. The zero-order valence-electron chi connectivity index (χ0n) is 8.79. The van der Waals surface area contributed by atoms with Gasteiger partial charge in [-0.15, -0.1) is 0 Å². The van der Waals surface area contributed by atoms with E-state index in [1.807, 2.05) is 0 Å². The summed E-state index contributed by atoms with van der Waals surface area (Å²) in [4.78, 5) is 4.42. The first-order chi connectivity index (χ1) is 6.81. The molecule has 14 heavy (non-hydrogen) atoms. The molecule has 1 N–H and O–H groups in total. The highest BCUT2D eigenvalue weighted by Gasteiger charge is 2.23. The fourth-order valence-electron chi connectivity index (χ4n) is 1.67. The van der Waals surface area contributed by atoms with Crippen LogP contribution in [0.4, 0.5) is 0 Å². The SMILES string of the molecule is CCC(C)c1noc([C@H]2CCCN2)n1. The lowest BCUT2D eigenvalue weighted by atomic mass is 10.1. The van der Waals surface area contributed by atoms with Gasteiger partial charge in [0.25, 0.3) is 0 Å². The number of hydrogen-bond donors (Lipinski definition) is 1. The first kappa shape index (κ1) is 9.65. The Morgan fingerprint density at radius 3 is 3.14 bits per heavy atom. The van der Waals surface area contributed by atoms with Crippen LogP contribution in [-0.2, 0) is 0 Å². The quantitative estimate of drug-likeness (QED) is 0.801. The number of aromatic nitrogens is 2. The van der Waals surface area contributed by atoms with Gasteiger partial charge in [-0.25, -0.2) is 0 Å². The van der Waals surface area contributed by atoms with Gasteiger partial charge in [0.15, 0.2) is 5.82 Å². The molecule has 0 radical (unpaired) electrons. The van der Waals surface area contributed by atoms with E-state index in [4.69, 9.17) is 4.52 Å². The molecule has 1 aromatic rings. The third kappa shape index (κ3) is 1.80. The molecule has 1 aromatic heterocycles. The van der Waals surface area contributed by atoms with Crippen LogP contribution in [0.2, 0.25) is 0 Å². The molecule has 2 atom stereocenters. The van der Waals surface area contributed by atoms with Crippen molar-refractivity contribution in [2.75, 3.05) is 6.54 Å². The van der Waals surface area contributed by atoms with Gasteiger partial charge in [0.05, 0.1) is 6.04 Å². The number of rotatable bonds is 3. The molecule has 0 spiro atoms. The van der Waals surface area contributed by atoms with Crippen molar-refractivity contribution in [3.8, 4) is 0 Å². The van der Waals surface area contributed by atoms with Gasteiger partial charge in [-0.3, -0.25) is 0 Å². The summed E-state index contributed by atoms with van der Waals surface area (Å²) in [5, 5.41) is 7.35. The van der Waals surface area contributed by atoms with Gasteiger partial charge in [-0.1, -0.05) is 19.0 Å². The number of nitrogens with one attached hydrogen (secondary N) is 1. The van der Waals surface area contributed by atoms with Gasteiger partial charge in [0.2, 0.25) is 5.89 Å². The van der Waals surface area contributed by atoms with Crippen molar-refractivity contribution in [3.63, 3.8) is 0 Å². The minimum Gasteiger partial charge on any atom is -0.338 e. The summed E-state index contributed by atoms with van der Waals surface area (Å²) in [6.45, 7) is 5.32. The lowest BCUT2D eigenvalue weighted by Crippen LogP contribution is -2.13. The van der Waals surface area contributed by atoms with Crippen LogP contribution in [0.15, 0.2) is 4.52 Å². The summed E-state index contributed by atoms with van der Waals surface area (Å²) in [6.07, 6.45) is 3.37. The topological polar surface area (TPSA) is 51.0 Å². The first-order valence-electron chi connectivity index (χ1n) is 5.38. The Bertz CT molecular complexity index is 291. The molecule has 1 aliphatic rings. The summed E-state index contributed by atoms with van der Waals surface area (Å²) >= 11 is 0. The Balaban J connectivity index is 2.08. The third-order valence-electron chi connectivity index (χ3n) is 2.87. The van der Waals surface area contributed by atoms with Crippen LogP contribution in [0.1, 0.15) is 56.8 Å². The monoisotopic (exact) mass is 195 g/mol. The van der Waals surface area contributed by atoms with Crippen LogP contribution in [0, 0.1) is 0 Å². The van der Waals surface area contributed by atoms with E-state index in [9.17, 15) is 0 Å². The van der Waals surface area contributed by atoms with E-state index in [0.717, 1.165) is 31.1 Å². The molecular weight excluding hydrogens is 178 g/mol. The predicted molar refractivity (Wildman–Crippen MR) is 53.0 cm³/mol. The Kier molecular flexibility index (Phi) is 2.82. The molecule has 78 valence electrons. The fraction of sp³-hybridized carbons (Fsp3) is 0.800. The molecule has 0 bridgehead atoms. The van der Waals surface area contributed by atoms with Crippen LogP contribution < -0.4 is 5.32 Å². The summed E-state index contributed by atoms with van der Waals surface area (Å²) in [5.74, 6) is 2.00. The van der Waals surface area contributed by atoms with E-state index >= 15 is 0 Å². The molecule has 2 rings (SSSR count). The molecule has 4 heteroatoms. The highest BCUT2D eigenvalue weighted by molar-refractivity contribution is 4.98. The summed E-state index contributed by atoms with van der Waals surface area (Å²) in [6, 6.07) is 0.292. The van der Waals surface area contributed by atoms with E-state index in [1.54, 1.807) is 0 Å². The van der Waals surface area contributed by atoms with Crippen LogP contribution >= 0.6 is 0 Å². The number of hydrogen-bond acceptors (Lipinski definition) is 4. The molecule has 1 saturated heterocycles. The van der Waals surface area contributed by atoms with Crippen LogP contribution in [-0.4, -0.2) is 16.7 Å². The molecule has 1 aliphatic heterocycles. The van der Waals surface area contributed by atoms with Crippen LogP contribution in [0.25, 0.3) is 0 Å². The third-order valence-corrected chi connectivity index (χ3v) is 2.87. The van der Waals surface area contributed by atoms with Gasteiger partial charge in [-0.2, -0.15) is 4.98 Å². The van der Waals surface area contributed by atoms with E-state index in [0.29, 0.717) is 12.0 Å². The highest BCUT2D eigenvalue weighted by Crippen LogP contribution is 2.23. The van der Waals surface area contributed by atoms with Gasteiger partial charge in [0, 0.05) is 5.92 Å². The Morgan fingerprint density at radius 2 is 2.50 bits per heavy atom. The summed E-state index contributed by atoms with van der Waals surface area (Å²) in [5.41, 5.74) is 0. The Morgan fingerprint density at radius 1 is 1.64 bits per heavy atom. The van der Waals surface area contributed by atoms with Crippen molar-refractivity contribution >= 4 is 0 Å². The normalized spacial score (nSPS) is 24.0. The van der Waals surface area contributed by atoms with Crippen molar-refractivity contribution in [2.24, 2.45) is 0 Å². The molecule has 0 saturated carbocycles. The smallest absolute Gasteiger partial charge is 0.243 e. The van der Waals surface area contributed by atoms with Gasteiger partial charge < -0.3 is 9.84 Å². The molecular formula is C10H17N3O. The second kappa shape index (κ2) is 4.09. The van der Waals surface area contributed by atoms with Gasteiger partial charge in [-0.05, 0) is 25.8 Å². The van der Waals surface area contributed by atoms with Crippen LogP contribution in [0.5, 0.6) is 0 Å². The lowest BCUT2D eigenvalue weighted by Gasteiger charge is -2.02. The minimum absolute atomic E-state index is 0.292. The molecule has 0 aliphatic carbocycles. The Labute approximate surface area is 84.1 Å². The maximum atomic E-state index is 5.25. The van der Waals surface area contributed by atoms with Crippen molar-refractivity contribution in [3.05, 3.63) is 11.7 Å². The largest absolute Gasteiger partial charge is 0.338 e. The maximum Gasteiger partial charge on any atom is 0.243 e. The van der Waals surface area contributed by atoms with E-state index in [-0.39, 0.29) is 0 Å². The Hall–Kier alpha value is -0.900. The van der Waals surface area contributed by atoms with Crippen LogP contribution in [0.3, 0.4) is 0 Å². The fourth-order valence-corrected chi connectivity index (χ4v) is 1.67. The van der Waals surface area contributed by atoms with Crippen molar-refractivity contribution < 1.29 is 4.52 Å². The van der Waals surface area contributed by atoms with E-state index in [2.05, 4.69) is 29.3 Å². The number of nitrogens with zero attached hydrogens (tertiary/aromatic N) is 2. The summed E-state index contributed by atoms with van der Waals surface area (Å²) < 4.78 is 5.25. The second-order valence-corrected chi connectivity index (χ2v) is 3.95. The zero-order valence-corrected chi connectivity index (χ0v) is 8.79. The first-order valence-corrected chi connectivity index (χ1v) is 5.38. The minimum atomic E-state index is 0.292. The van der Waals surface area contributed by atoms with E-state index in [1.165, 1.54) is 6.42 Å². The molecule has 0 amide bonds. The van der Waals surface area contributed by atoms with E-state index < -0.39 is 0 Å². The predicted octanol–water partition coefficient (Wildman–Crippen LogP) is 2.01.